The number of para-hydroxylation sites is 2. The Morgan fingerprint density at radius 2 is 1.83 bits per heavy atom. The number of benzene rings is 3. The van der Waals surface area contributed by atoms with Crippen LogP contribution in [0.3, 0.4) is 0 Å². The van der Waals surface area contributed by atoms with Crippen molar-refractivity contribution in [3.63, 3.8) is 0 Å². The molecule has 0 aliphatic rings. The Bertz CT molecular complexity index is 1190. The highest BCUT2D eigenvalue weighted by Crippen LogP contribution is 2.20. The lowest BCUT2D eigenvalue weighted by atomic mass is 10.1. The van der Waals surface area contributed by atoms with Gasteiger partial charge < -0.3 is 9.88 Å². The van der Waals surface area contributed by atoms with Crippen molar-refractivity contribution < 1.29 is 4.79 Å². The molecule has 0 aliphatic carbocycles. The molecule has 152 valence electrons. The minimum atomic E-state index is -0.0437. The summed E-state index contributed by atoms with van der Waals surface area (Å²) in [6.45, 7) is 1.24. The van der Waals surface area contributed by atoms with Gasteiger partial charge in [0.2, 0.25) is 5.91 Å². The molecule has 0 radical (unpaired) electrons. The van der Waals surface area contributed by atoms with Crippen molar-refractivity contribution >= 4 is 44.5 Å². The molecule has 0 saturated carbocycles. The zero-order valence-corrected chi connectivity index (χ0v) is 18.7. The van der Waals surface area contributed by atoms with Crippen LogP contribution in [-0.4, -0.2) is 22.0 Å². The number of nitrogens with one attached hydrogen (secondary N) is 1. The fourth-order valence-electron chi connectivity index (χ4n) is 3.50. The number of amides is 1. The number of aromatic nitrogens is 2. The topological polar surface area (TPSA) is 46.9 Å². The van der Waals surface area contributed by atoms with E-state index in [0.717, 1.165) is 33.4 Å². The van der Waals surface area contributed by atoms with Crippen LogP contribution >= 0.6 is 27.5 Å². The van der Waals surface area contributed by atoms with Crippen molar-refractivity contribution in [1.29, 1.82) is 0 Å². The Morgan fingerprint density at radius 3 is 2.67 bits per heavy atom. The molecule has 0 bridgehead atoms. The van der Waals surface area contributed by atoms with Crippen molar-refractivity contribution in [1.82, 2.24) is 14.9 Å². The molecule has 4 nitrogen and oxygen atoms in total. The number of imidazole rings is 1. The second kappa shape index (κ2) is 9.45. The molecular weight excluding hydrogens is 462 g/mol. The average molecular weight is 483 g/mol. The molecule has 1 amide bonds. The monoisotopic (exact) mass is 481 g/mol. The molecule has 0 fully saturated rings. The second-order valence-electron chi connectivity index (χ2n) is 7.10. The number of fused-ring (bicyclic) bond motifs is 1. The van der Waals surface area contributed by atoms with Gasteiger partial charge in [-0.25, -0.2) is 4.98 Å². The van der Waals surface area contributed by atoms with Gasteiger partial charge in [-0.05, 0) is 41.5 Å². The average Bonchev–Trinajstić information content (AvgIpc) is 3.07. The quantitative estimate of drug-likeness (QED) is 0.383. The van der Waals surface area contributed by atoms with Gasteiger partial charge in [0.1, 0.15) is 5.82 Å². The zero-order valence-electron chi connectivity index (χ0n) is 16.3. The minimum Gasteiger partial charge on any atom is -0.355 e. The van der Waals surface area contributed by atoms with Gasteiger partial charge in [-0.1, -0.05) is 70.0 Å². The molecule has 0 aliphatic heterocycles. The Balaban J connectivity index is 1.47. The minimum absolute atomic E-state index is 0.0437. The van der Waals surface area contributed by atoms with E-state index < -0.39 is 0 Å². The highest BCUT2D eigenvalue weighted by atomic mass is 79.9. The summed E-state index contributed by atoms with van der Waals surface area (Å²) in [7, 11) is 0. The van der Waals surface area contributed by atoms with E-state index in [-0.39, 0.29) is 12.3 Å². The molecule has 4 rings (SSSR count). The molecule has 0 spiro atoms. The molecular formula is C24H21BrClN3O. The van der Waals surface area contributed by atoms with Gasteiger partial charge >= 0.3 is 0 Å². The van der Waals surface area contributed by atoms with Crippen molar-refractivity contribution in [2.45, 2.75) is 19.4 Å². The Hall–Kier alpha value is -2.63. The van der Waals surface area contributed by atoms with E-state index in [2.05, 4.69) is 44.0 Å². The lowest BCUT2D eigenvalue weighted by Gasteiger charge is -2.11. The number of hydrogen-bond donors (Lipinski definition) is 1. The summed E-state index contributed by atoms with van der Waals surface area (Å²) >= 11 is 9.70. The highest BCUT2D eigenvalue weighted by Gasteiger charge is 2.12. The molecule has 3 aromatic carbocycles. The molecule has 1 N–H and O–H groups in total. The van der Waals surface area contributed by atoms with Crippen molar-refractivity contribution in [2.24, 2.45) is 0 Å². The molecule has 6 heteroatoms. The molecule has 1 heterocycles. The first-order valence-corrected chi connectivity index (χ1v) is 11.0. The van der Waals surface area contributed by atoms with Crippen LogP contribution in [-0.2, 0) is 24.2 Å². The summed E-state index contributed by atoms with van der Waals surface area (Å²) in [6, 6.07) is 23.8. The van der Waals surface area contributed by atoms with Gasteiger partial charge in [0.25, 0.3) is 0 Å². The third kappa shape index (κ3) is 4.91. The van der Waals surface area contributed by atoms with E-state index in [9.17, 15) is 4.79 Å². The van der Waals surface area contributed by atoms with Gasteiger partial charge in [0.05, 0.1) is 17.5 Å². The Labute approximate surface area is 189 Å². The predicted molar refractivity (Wildman–Crippen MR) is 125 cm³/mol. The Kier molecular flexibility index (Phi) is 6.50. The lowest BCUT2D eigenvalue weighted by molar-refractivity contribution is -0.120. The normalized spacial score (nSPS) is 11.0. The molecule has 0 saturated heterocycles. The molecule has 30 heavy (non-hydrogen) atoms. The van der Waals surface area contributed by atoms with Crippen LogP contribution in [0.4, 0.5) is 0 Å². The SMILES string of the molecule is O=C(Cc1ccccc1Cl)NCCc1nc2ccccc2n1Cc1cccc(Br)c1. The number of carbonyl (C=O) groups is 1. The smallest absolute Gasteiger partial charge is 0.224 e. The molecule has 0 unspecified atom stereocenters. The van der Waals surface area contributed by atoms with E-state index >= 15 is 0 Å². The standard InChI is InChI=1S/C24H21BrClN3O/c25-19-8-5-6-17(14-19)16-29-22-11-4-3-10-21(22)28-23(29)12-13-27-24(30)15-18-7-1-2-9-20(18)26/h1-11,14H,12-13,15-16H2,(H,27,30). The molecule has 0 atom stereocenters. The first-order valence-electron chi connectivity index (χ1n) is 9.79. The maximum Gasteiger partial charge on any atom is 0.224 e. The molecule has 4 aromatic rings. The number of carbonyl (C=O) groups excluding carboxylic acids is 1. The largest absolute Gasteiger partial charge is 0.355 e. The number of hydrogen-bond acceptors (Lipinski definition) is 2. The van der Waals surface area contributed by atoms with Crippen LogP contribution in [0, 0.1) is 0 Å². The van der Waals surface area contributed by atoms with Crippen LogP contribution in [0.1, 0.15) is 17.0 Å². The summed E-state index contributed by atoms with van der Waals surface area (Å²) < 4.78 is 3.27. The third-order valence-electron chi connectivity index (χ3n) is 4.94. The fourth-order valence-corrected chi connectivity index (χ4v) is 4.15. The van der Waals surface area contributed by atoms with Gasteiger partial charge in [0.15, 0.2) is 0 Å². The Morgan fingerprint density at radius 1 is 1.03 bits per heavy atom. The first-order chi connectivity index (χ1) is 14.6. The summed E-state index contributed by atoms with van der Waals surface area (Å²) in [5.74, 6) is 0.909. The number of halogens is 2. The van der Waals surface area contributed by atoms with Crippen LogP contribution in [0.15, 0.2) is 77.3 Å². The second-order valence-corrected chi connectivity index (χ2v) is 8.42. The van der Waals surface area contributed by atoms with E-state index in [1.54, 1.807) is 6.07 Å². The first kappa shape index (κ1) is 20.6. The maximum atomic E-state index is 12.3. The van der Waals surface area contributed by atoms with Crippen molar-refractivity contribution in [3.8, 4) is 0 Å². The van der Waals surface area contributed by atoms with Crippen LogP contribution in [0.25, 0.3) is 11.0 Å². The van der Waals surface area contributed by atoms with Crippen molar-refractivity contribution in [2.75, 3.05) is 6.54 Å². The van der Waals surface area contributed by atoms with Gasteiger partial charge in [-0.15, -0.1) is 0 Å². The summed E-state index contributed by atoms with van der Waals surface area (Å²) in [5.41, 5.74) is 4.08. The van der Waals surface area contributed by atoms with E-state index in [0.29, 0.717) is 18.0 Å². The highest BCUT2D eigenvalue weighted by molar-refractivity contribution is 9.10. The number of rotatable bonds is 7. The van der Waals surface area contributed by atoms with E-state index in [1.165, 1.54) is 5.56 Å². The lowest BCUT2D eigenvalue weighted by Crippen LogP contribution is -2.28. The predicted octanol–water partition coefficient (Wildman–Crippen LogP) is 5.40. The van der Waals surface area contributed by atoms with Crippen molar-refractivity contribution in [3.05, 3.63) is 99.2 Å². The van der Waals surface area contributed by atoms with Crippen LogP contribution < -0.4 is 5.32 Å². The van der Waals surface area contributed by atoms with Gasteiger partial charge in [-0.3, -0.25) is 4.79 Å². The van der Waals surface area contributed by atoms with E-state index in [1.807, 2.05) is 48.5 Å². The number of nitrogens with zero attached hydrogens (tertiary/aromatic N) is 2. The van der Waals surface area contributed by atoms with Crippen LogP contribution in [0.2, 0.25) is 5.02 Å². The van der Waals surface area contributed by atoms with Gasteiger partial charge in [0, 0.05) is 29.0 Å². The molecule has 1 aromatic heterocycles. The zero-order chi connectivity index (χ0) is 20.9. The van der Waals surface area contributed by atoms with E-state index in [4.69, 9.17) is 16.6 Å². The van der Waals surface area contributed by atoms with Gasteiger partial charge in [-0.2, -0.15) is 0 Å². The third-order valence-corrected chi connectivity index (χ3v) is 5.80. The fraction of sp³-hybridized carbons (Fsp3) is 0.167. The maximum absolute atomic E-state index is 12.3. The summed E-state index contributed by atoms with van der Waals surface area (Å²) in [5, 5.41) is 3.61. The summed E-state index contributed by atoms with van der Waals surface area (Å²) in [6.07, 6.45) is 0.922. The summed E-state index contributed by atoms with van der Waals surface area (Å²) in [4.78, 5) is 17.1. The van der Waals surface area contributed by atoms with Crippen LogP contribution in [0.5, 0.6) is 0 Å².